The van der Waals surface area contributed by atoms with Crippen LogP contribution in [-0.4, -0.2) is 19.6 Å². The molecule has 4 heteroatoms. The average Bonchev–Trinajstić information content (AvgIpc) is 2.20. The quantitative estimate of drug-likeness (QED) is 0.874. The second-order valence-electron chi connectivity index (χ2n) is 4.10. The standard InChI is InChI=1S/C12H20N2.2ClH/c1-12(2,14-4)11(13-3)10-8-6-5-7-9-10;;/h5-9,11,13-14H,1-4H3;2*1H. The fraction of sp³-hybridized carbons (Fsp3) is 0.500. The molecule has 94 valence electrons. The smallest absolute Gasteiger partial charge is 0.0497 e. The molecule has 1 atom stereocenters. The predicted octanol–water partition coefficient (Wildman–Crippen LogP) is 2.79. The van der Waals surface area contributed by atoms with E-state index in [4.69, 9.17) is 0 Å². The molecule has 2 N–H and O–H groups in total. The molecule has 0 saturated carbocycles. The molecule has 1 rings (SSSR count). The Bertz CT molecular complexity index is 276. The minimum Gasteiger partial charge on any atom is -0.313 e. The Morgan fingerprint density at radius 2 is 1.50 bits per heavy atom. The fourth-order valence-electron chi connectivity index (χ4n) is 1.73. The van der Waals surface area contributed by atoms with E-state index < -0.39 is 0 Å². The lowest BCUT2D eigenvalue weighted by atomic mass is 9.89. The normalized spacial score (nSPS) is 12.2. The molecular formula is C12H22Cl2N2. The molecule has 0 aliphatic carbocycles. The average molecular weight is 265 g/mol. The van der Waals surface area contributed by atoms with Crippen LogP contribution in [0.3, 0.4) is 0 Å². The highest BCUT2D eigenvalue weighted by Gasteiger charge is 2.27. The number of nitrogens with one attached hydrogen (secondary N) is 2. The van der Waals surface area contributed by atoms with Crippen molar-refractivity contribution in [3.8, 4) is 0 Å². The minimum absolute atomic E-state index is 0. The highest BCUT2D eigenvalue weighted by atomic mass is 35.5. The molecule has 0 aromatic heterocycles. The third-order valence-electron chi connectivity index (χ3n) is 2.79. The van der Waals surface area contributed by atoms with E-state index >= 15 is 0 Å². The van der Waals surface area contributed by atoms with Gasteiger partial charge in [-0.05, 0) is 33.5 Å². The Balaban J connectivity index is 0. The van der Waals surface area contributed by atoms with Crippen LogP contribution in [-0.2, 0) is 0 Å². The van der Waals surface area contributed by atoms with Gasteiger partial charge in [0.05, 0.1) is 0 Å². The Morgan fingerprint density at radius 1 is 1.00 bits per heavy atom. The summed E-state index contributed by atoms with van der Waals surface area (Å²) in [6.45, 7) is 4.39. The summed E-state index contributed by atoms with van der Waals surface area (Å²) >= 11 is 0. The van der Waals surface area contributed by atoms with Gasteiger partial charge < -0.3 is 10.6 Å². The number of hydrogen-bond acceptors (Lipinski definition) is 2. The maximum Gasteiger partial charge on any atom is 0.0497 e. The van der Waals surface area contributed by atoms with Crippen LogP contribution in [0.1, 0.15) is 25.5 Å². The summed E-state index contributed by atoms with van der Waals surface area (Å²) in [7, 11) is 3.99. The van der Waals surface area contributed by atoms with Crippen LogP contribution >= 0.6 is 24.8 Å². The Morgan fingerprint density at radius 3 is 1.88 bits per heavy atom. The van der Waals surface area contributed by atoms with Crippen LogP contribution in [0.15, 0.2) is 30.3 Å². The van der Waals surface area contributed by atoms with Crippen LogP contribution in [0, 0.1) is 0 Å². The molecule has 0 fully saturated rings. The van der Waals surface area contributed by atoms with Gasteiger partial charge in [0.2, 0.25) is 0 Å². The Kier molecular flexibility index (Phi) is 8.94. The van der Waals surface area contributed by atoms with Crippen molar-refractivity contribution in [2.24, 2.45) is 0 Å². The van der Waals surface area contributed by atoms with Crippen LogP contribution in [0.4, 0.5) is 0 Å². The zero-order valence-corrected chi connectivity index (χ0v) is 11.9. The van der Waals surface area contributed by atoms with Gasteiger partial charge in [0.15, 0.2) is 0 Å². The highest BCUT2D eigenvalue weighted by Crippen LogP contribution is 2.24. The number of benzene rings is 1. The number of rotatable bonds is 4. The van der Waals surface area contributed by atoms with E-state index in [0.717, 1.165) is 0 Å². The molecule has 1 unspecified atom stereocenters. The van der Waals surface area contributed by atoms with E-state index in [2.05, 4.69) is 48.7 Å². The first-order valence-electron chi connectivity index (χ1n) is 5.03. The van der Waals surface area contributed by atoms with E-state index in [1.165, 1.54) is 5.56 Å². The summed E-state index contributed by atoms with van der Waals surface area (Å²) in [4.78, 5) is 0. The number of hydrogen-bond donors (Lipinski definition) is 2. The van der Waals surface area contributed by atoms with E-state index in [1.54, 1.807) is 0 Å². The van der Waals surface area contributed by atoms with Crippen LogP contribution in [0.5, 0.6) is 0 Å². The molecule has 0 aliphatic rings. The minimum atomic E-state index is 0. The summed E-state index contributed by atoms with van der Waals surface area (Å²) in [6, 6.07) is 10.8. The maximum atomic E-state index is 3.35. The molecule has 1 aromatic carbocycles. The molecule has 0 aliphatic heterocycles. The molecule has 0 spiro atoms. The summed E-state index contributed by atoms with van der Waals surface area (Å²) in [5, 5.41) is 6.68. The first kappa shape index (κ1) is 18.1. The van der Waals surface area contributed by atoms with E-state index in [0.29, 0.717) is 6.04 Å². The Hall–Kier alpha value is -0.280. The van der Waals surface area contributed by atoms with Gasteiger partial charge in [0.25, 0.3) is 0 Å². The second-order valence-corrected chi connectivity index (χ2v) is 4.10. The van der Waals surface area contributed by atoms with Crippen LogP contribution < -0.4 is 10.6 Å². The summed E-state index contributed by atoms with van der Waals surface area (Å²) < 4.78 is 0. The van der Waals surface area contributed by atoms with Crippen molar-refractivity contribution in [2.75, 3.05) is 14.1 Å². The van der Waals surface area contributed by atoms with Gasteiger partial charge in [0, 0.05) is 11.6 Å². The summed E-state index contributed by atoms with van der Waals surface area (Å²) in [5.41, 5.74) is 1.37. The van der Waals surface area contributed by atoms with Gasteiger partial charge in [-0.3, -0.25) is 0 Å². The number of likely N-dealkylation sites (N-methyl/N-ethyl adjacent to an activating group) is 2. The summed E-state index contributed by atoms with van der Waals surface area (Å²) in [6.07, 6.45) is 0. The Labute approximate surface area is 111 Å². The largest absolute Gasteiger partial charge is 0.313 e. The van der Waals surface area contributed by atoms with Crippen molar-refractivity contribution < 1.29 is 0 Å². The van der Waals surface area contributed by atoms with Crippen LogP contribution in [0.2, 0.25) is 0 Å². The monoisotopic (exact) mass is 264 g/mol. The van der Waals surface area contributed by atoms with Crippen molar-refractivity contribution in [1.29, 1.82) is 0 Å². The molecule has 0 radical (unpaired) electrons. The van der Waals surface area contributed by atoms with Gasteiger partial charge in [-0.25, -0.2) is 0 Å². The zero-order valence-electron chi connectivity index (χ0n) is 10.3. The third-order valence-corrected chi connectivity index (χ3v) is 2.79. The molecule has 16 heavy (non-hydrogen) atoms. The van der Waals surface area contributed by atoms with Crippen LogP contribution in [0.25, 0.3) is 0 Å². The molecule has 1 aromatic rings. The number of halogens is 2. The molecule has 2 nitrogen and oxygen atoms in total. The lowest BCUT2D eigenvalue weighted by Crippen LogP contribution is -2.47. The lowest BCUT2D eigenvalue weighted by Gasteiger charge is -2.34. The second kappa shape index (κ2) is 7.91. The SMILES string of the molecule is CNC(c1ccccc1)C(C)(C)NC.Cl.Cl. The highest BCUT2D eigenvalue weighted by molar-refractivity contribution is 5.85. The van der Waals surface area contributed by atoms with E-state index in [9.17, 15) is 0 Å². The van der Waals surface area contributed by atoms with Crippen molar-refractivity contribution in [1.82, 2.24) is 10.6 Å². The fourth-order valence-corrected chi connectivity index (χ4v) is 1.73. The molecule has 0 amide bonds. The van der Waals surface area contributed by atoms with E-state index in [-0.39, 0.29) is 30.4 Å². The van der Waals surface area contributed by atoms with Gasteiger partial charge in [-0.15, -0.1) is 24.8 Å². The third kappa shape index (κ3) is 4.30. The maximum absolute atomic E-state index is 3.35. The van der Waals surface area contributed by atoms with Crippen molar-refractivity contribution in [3.63, 3.8) is 0 Å². The van der Waals surface area contributed by atoms with Gasteiger partial charge in [-0.2, -0.15) is 0 Å². The topological polar surface area (TPSA) is 24.1 Å². The van der Waals surface area contributed by atoms with Crippen molar-refractivity contribution in [3.05, 3.63) is 35.9 Å². The van der Waals surface area contributed by atoms with Gasteiger partial charge >= 0.3 is 0 Å². The lowest BCUT2D eigenvalue weighted by molar-refractivity contribution is 0.311. The molecule has 0 bridgehead atoms. The summed E-state index contributed by atoms with van der Waals surface area (Å²) in [5.74, 6) is 0. The first-order valence-corrected chi connectivity index (χ1v) is 5.03. The van der Waals surface area contributed by atoms with Crippen molar-refractivity contribution in [2.45, 2.75) is 25.4 Å². The van der Waals surface area contributed by atoms with Gasteiger partial charge in [-0.1, -0.05) is 30.3 Å². The molecule has 0 saturated heterocycles. The predicted molar refractivity (Wildman–Crippen MR) is 75.9 cm³/mol. The zero-order chi connectivity index (χ0) is 10.6. The van der Waals surface area contributed by atoms with Gasteiger partial charge in [0.1, 0.15) is 0 Å². The first-order chi connectivity index (χ1) is 6.61. The molecular weight excluding hydrogens is 243 g/mol. The van der Waals surface area contributed by atoms with Crippen molar-refractivity contribution >= 4 is 24.8 Å². The molecule has 0 heterocycles. The van der Waals surface area contributed by atoms with E-state index in [1.807, 2.05) is 20.2 Å².